The predicted octanol–water partition coefficient (Wildman–Crippen LogP) is 4.36. The summed E-state index contributed by atoms with van der Waals surface area (Å²) in [7, 11) is 0. The van der Waals surface area contributed by atoms with Gasteiger partial charge in [0.2, 0.25) is 5.91 Å². The van der Waals surface area contributed by atoms with E-state index >= 15 is 0 Å². The summed E-state index contributed by atoms with van der Waals surface area (Å²) in [6.07, 6.45) is 0.581. The second-order valence-electron chi connectivity index (χ2n) is 8.56. The van der Waals surface area contributed by atoms with Gasteiger partial charge in [-0.05, 0) is 30.2 Å². The number of carbonyl (C=O) groups is 1. The number of fused-ring (bicyclic) bond motifs is 1. The summed E-state index contributed by atoms with van der Waals surface area (Å²) >= 11 is 6.02. The van der Waals surface area contributed by atoms with Crippen LogP contribution in [-0.4, -0.2) is 26.9 Å². The average Bonchev–Trinajstić information content (AvgIpc) is 2.78. The first kappa shape index (κ1) is 23.1. The number of hydrogen-bond donors (Lipinski definition) is 1. The number of aromatic nitrogens is 2. The monoisotopic (exact) mass is 468 g/mol. The van der Waals surface area contributed by atoms with Crippen LogP contribution in [0.4, 0.5) is 10.1 Å². The molecule has 8 heteroatoms. The van der Waals surface area contributed by atoms with Crippen LogP contribution in [0.15, 0.2) is 53.3 Å². The third-order valence-electron chi connectivity index (χ3n) is 5.70. The number of carbonyl (C=O) groups excluding carboxylic acids is 1. The van der Waals surface area contributed by atoms with Crippen LogP contribution in [0, 0.1) is 5.82 Å². The van der Waals surface area contributed by atoms with E-state index in [0.29, 0.717) is 30.0 Å². The summed E-state index contributed by atoms with van der Waals surface area (Å²) in [4.78, 5) is 33.2. The van der Waals surface area contributed by atoms with Crippen molar-refractivity contribution in [1.29, 1.82) is 0 Å². The Morgan fingerprint density at radius 3 is 2.67 bits per heavy atom. The fourth-order valence-electron chi connectivity index (χ4n) is 4.09. The quantitative estimate of drug-likeness (QED) is 0.583. The van der Waals surface area contributed by atoms with Gasteiger partial charge in [0.05, 0.1) is 16.4 Å². The minimum absolute atomic E-state index is 0.0466. The highest BCUT2D eigenvalue weighted by Crippen LogP contribution is 2.23. The zero-order valence-electron chi connectivity index (χ0n) is 18.6. The highest BCUT2D eigenvalue weighted by molar-refractivity contribution is 6.33. The van der Waals surface area contributed by atoms with Crippen LogP contribution in [0.3, 0.4) is 0 Å². The molecular weight excluding hydrogens is 443 g/mol. The van der Waals surface area contributed by atoms with Gasteiger partial charge in [-0.1, -0.05) is 55.8 Å². The molecule has 1 aromatic heterocycles. The number of benzene rings is 2. The van der Waals surface area contributed by atoms with E-state index in [1.165, 1.54) is 22.3 Å². The normalized spacial score (nSPS) is 13.7. The second-order valence-corrected chi connectivity index (χ2v) is 8.97. The Kier molecular flexibility index (Phi) is 6.91. The van der Waals surface area contributed by atoms with E-state index in [9.17, 15) is 14.0 Å². The molecule has 6 nitrogen and oxygen atoms in total. The van der Waals surface area contributed by atoms with Crippen molar-refractivity contribution in [2.75, 3.05) is 11.9 Å². The summed E-state index contributed by atoms with van der Waals surface area (Å²) in [5, 5.41) is 2.76. The third kappa shape index (κ3) is 5.31. The van der Waals surface area contributed by atoms with Gasteiger partial charge in [-0.2, -0.15) is 0 Å². The maximum Gasteiger partial charge on any atom is 0.257 e. The van der Waals surface area contributed by atoms with Crippen LogP contribution in [0.1, 0.15) is 42.4 Å². The lowest BCUT2D eigenvalue weighted by molar-refractivity contribution is -0.116. The molecule has 172 valence electrons. The molecule has 0 spiro atoms. The molecule has 0 atom stereocenters. The van der Waals surface area contributed by atoms with Crippen molar-refractivity contribution >= 4 is 23.2 Å². The molecule has 0 saturated carbocycles. The predicted molar refractivity (Wildman–Crippen MR) is 127 cm³/mol. The molecule has 0 unspecified atom stereocenters. The lowest BCUT2D eigenvalue weighted by Gasteiger charge is -2.29. The summed E-state index contributed by atoms with van der Waals surface area (Å²) in [6.45, 7) is 5.85. The fraction of sp³-hybridized carbons (Fsp3) is 0.320. The number of amides is 1. The van der Waals surface area contributed by atoms with E-state index in [1.54, 1.807) is 0 Å². The Morgan fingerprint density at radius 1 is 1.21 bits per heavy atom. The molecule has 4 rings (SSSR count). The van der Waals surface area contributed by atoms with Gasteiger partial charge in [0, 0.05) is 31.1 Å². The van der Waals surface area contributed by atoms with E-state index in [-0.39, 0.29) is 23.0 Å². The Hall–Kier alpha value is -3.03. The van der Waals surface area contributed by atoms with E-state index in [0.717, 1.165) is 24.8 Å². The fourth-order valence-corrected chi connectivity index (χ4v) is 4.31. The molecule has 0 aliphatic carbocycles. The zero-order valence-corrected chi connectivity index (χ0v) is 19.4. The summed E-state index contributed by atoms with van der Waals surface area (Å²) < 4.78 is 14.7. The zero-order chi connectivity index (χ0) is 23.5. The largest absolute Gasteiger partial charge is 0.323 e. The number of rotatable bonds is 6. The molecule has 1 aliphatic rings. The summed E-state index contributed by atoms with van der Waals surface area (Å²) in [6, 6.07) is 14.0. The molecule has 33 heavy (non-hydrogen) atoms. The lowest BCUT2D eigenvalue weighted by atomic mass is 10.0. The minimum atomic E-state index is -0.489. The maximum atomic E-state index is 13.4. The molecule has 1 N–H and O–H groups in total. The molecule has 0 bridgehead atoms. The second kappa shape index (κ2) is 9.85. The van der Waals surface area contributed by atoms with Gasteiger partial charge in [-0.25, -0.2) is 9.37 Å². The van der Waals surface area contributed by atoms with E-state index in [2.05, 4.69) is 22.3 Å². The average molecular weight is 469 g/mol. The first-order chi connectivity index (χ1) is 15.8. The van der Waals surface area contributed by atoms with Crippen LogP contribution in [0.5, 0.6) is 0 Å². The molecule has 2 heterocycles. The molecule has 3 aromatic rings. The lowest BCUT2D eigenvalue weighted by Crippen LogP contribution is -2.40. The molecule has 1 amide bonds. The highest BCUT2D eigenvalue weighted by atomic mass is 35.5. The standard InChI is InChI=1S/C25H26ClFN4O2/c1-16(2)24-29-22-14-30(13-17-6-4-3-5-7-17)11-10-19(22)25(33)31(24)15-23(32)28-21-9-8-18(27)12-20(21)26/h3-9,12,16H,10-11,13-15H2,1-2H3,(H,28,32). The molecule has 0 saturated heterocycles. The highest BCUT2D eigenvalue weighted by Gasteiger charge is 2.25. The smallest absolute Gasteiger partial charge is 0.257 e. The van der Waals surface area contributed by atoms with Gasteiger partial charge in [-0.3, -0.25) is 19.1 Å². The van der Waals surface area contributed by atoms with E-state index < -0.39 is 11.7 Å². The number of hydrogen-bond acceptors (Lipinski definition) is 4. The third-order valence-corrected chi connectivity index (χ3v) is 6.01. The van der Waals surface area contributed by atoms with Gasteiger partial charge in [-0.15, -0.1) is 0 Å². The number of nitrogens with zero attached hydrogens (tertiary/aromatic N) is 3. The van der Waals surface area contributed by atoms with Gasteiger partial charge < -0.3 is 5.32 Å². The van der Waals surface area contributed by atoms with Crippen molar-refractivity contribution in [2.45, 2.75) is 45.8 Å². The minimum Gasteiger partial charge on any atom is -0.323 e. The Bertz CT molecular complexity index is 1230. The topological polar surface area (TPSA) is 67.2 Å². The van der Waals surface area contributed by atoms with Crippen LogP contribution < -0.4 is 10.9 Å². The summed E-state index contributed by atoms with van der Waals surface area (Å²) in [5.74, 6) is -0.386. The number of anilines is 1. The molecule has 0 fully saturated rings. The Labute approximate surface area is 197 Å². The van der Waals surface area contributed by atoms with Crippen LogP contribution in [0.2, 0.25) is 5.02 Å². The molecule has 1 aliphatic heterocycles. The van der Waals surface area contributed by atoms with Crippen molar-refractivity contribution in [3.05, 3.63) is 92.4 Å². The van der Waals surface area contributed by atoms with Crippen LogP contribution in [0.25, 0.3) is 0 Å². The van der Waals surface area contributed by atoms with Crippen molar-refractivity contribution in [3.8, 4) is 0 Å². The van der Waals surface area contributed by atoms with Gasteiger partial charge in [0.1, 0.15) is 18.2 Å². The first-order valence-electron chi connectivity index (χ1n) is 11.0. The molecule has 0 radical (unpaired) electrons. The molecule has 2 aromatic carbocycles. The Morgan fingerprint density at radius 2 is 1.97 bits per heavy atom. The SMILES string of the molecule is CC(C)c1nc2c(c(=O)n1CC(=O)Nc1ccc(F)cc1Cl)CCN(Cc1ccccc1)C2. The van der Waals surface area contributed by atoms with Gasteiger partial charge >= 0.3 is 0 Å². The van der Waals surface area contributed by atoms with Crippen LogP contribution >= 0.6 is 11.6 Å². The summed E-state index contributed by atoms with van der Waals surface area (Å²) in [5.41, 5.74) is 2.78. The Balaban J connectivity index is 1.57. The van der Waals surface area contributed by atoms with Gasteiger partial charge in [0.15, 0.2) is 0 Å². The number of halogens is 2. The maximum absolute atomic E-state index is 13.4. The van der Waals surface area contributed by atoms with Crippen molar-refractivity contribution < 1.29 is 9.18 Å². The van der Waals surface area contributed by atoms with Crippen molar-refractivity contribution in [2.24, 2.45) is 0 Å². The molecular formula is C25H26ClFN4O2. The van der Waals surface area contributed by atoms with Crippen LogP contribution in [-0.2, 0) is 30.8 Å². The first-order valence-corrected chi connectivity index (χ1v) is 11.3. The van der Waals surface area contributed by atoms with Crippen molar-refractivity contribution in [3.63, 3.8) is 0 Å². The van der Waals surface area contributed by atoms with Gasteiger partial charge in [0.25, 0.3) is 5.56 Å². The number of nitrogens with one attached hydrogen (secondary N) is 1. The van der Waals surface area contributed by atoms with E-state index in [1.807, 2.05) is 32.0 Å². The van der Waals surface area contributed by atoms with Crippen molar-refractivity contribution in [1.82, 2.24) is 14.5 Å². The van der Waals surface area contributed by atoms with E-state index in [4.69, 9.17) is 16.6 Å².